The molecule has 0 saturated carbocycles. The minimum atomic E-state index is -0.668. The van der Waals surface area contributed by atoms with Crippen molar-refractivity contribution in [2.75, 3.05) is 13.2 Å². The highest BCUT2D eigenvalue weighted by molar-refractivity contribution is 5.96. The van der Waals surface area contributed by atoms with E-state index in [9.17, 15) is 14.4 Å². The summed E-state index contributed by atoms with van der Waals surface area (Å²) in [5, 5.41) is 5.17. The predicted molar refractivity (Wildman–Crippen MR) is 102 cm³/mol. The number of rotatable bonds is 7. The summed E-state index contributed by atoms with van der Waals surface area (Å²) in [4.78, 5) is 35.5. The number of ether oxygens (including phenoxy) is 1. The molecule has 0 radical (unpaired) electrons. The molecule has 2 aromatic rings. The molecule has 6 heteroatoms. The lowest BCUT2D eigenvalue weighted by molar-refractivity contribution is -0.147. The Morgan fingerprint density at radius 2 is 1.48 bits per heavy atom. The fraction of sp³-hybridized carbons (Fsp3) is 0.286. The van der Waals surface area contributed by atoms with Gasteiger partial charge in [0.1, 0.15) is 6.54 Å². The molecule has 0 fully saturated rings. The third kappa shape index (κ3) is 6.93. The molecule has 0 saturated heterocycles. The van der Waals surface area contributed by atoms with Crippen molar-refractivity contribution < 1.29 is 19.1 Å². The van der Waals surface area contributed by atoms with E-state index >= 15 is 0 Å². The highest BCUT2D eigenvalue weighted by atomic mass is 16.5. The Labute approximate surface area is 158 Å². The number of nitrogens with one attached hydrogen (secondary N) is 2. The van der Waals surface area contributed by atoms with Crippen LogP contribution in [0.2, 0.25) is 0 Å². The van der Waals surface area contributed by atoms with Crippen LogP contribution in [0.4, 0.5) is 0 Å². The van der Waals surface area contributed by atoms with Gasteiger partial charge in [0.25, 0.3) is 11.8 Å². The molecule has 0 unspecified atom stereocenters. The Morgan fingerprint density at radius 1 is 0.852 bits per heavy atom. The number of benzene rings is 2. The zero-order valence-electron chi connectivity index (χ0n) is 15.8. The lowest BCUT2D eigenvalue weighted by atomic mass is 10.1. The third-order valence-electron chi connectivity index (χ3n) is 3.85. The zero-order chi connectivity index (χ0) is 19.8. The number of amides is 2. The lowest BCUT2D eigenvalue weighted by Crippen LogP contribution is -2.33. The highest BCUT2D eigenvalue weighted by Crippen LogP contribution is 2.08. The van der Waals surface area contributed by atoms with Crippen molar-refractivity contribution in [2.45, 2.75) is 27.3 Å². The Kier molecular flexibility index (Phi) is 7.11. The van der Waals surface area contributed by atoms with E-state index in [2.05, 4.69) is 10.6 Å². The van der Waals surface area contributed by atoms with Gasteiger partial charge in [-0.2, -0.15) is 0 Å². The number of aryl methyl sites for hydroxylation is 3. The van der Waals surface area contributed by atoms with Crippen LogP contribution >= 0.6 is 0 Å². The normalized spacial score (nSPS) is 10.2. The fourth-order valence-corrected chi connectivity index (χ4v) is 2.51. The highest BCUT2D eigenvalue weighted by Gasteiger charge is 2.11. The van der Waals surface area contributed by atoms with E-state index in [1.807, 2.05) is 51.1 Å². The van der Waals surface area contributed by atoms with E-state index in [1.165, 1.54) is 0 Å². The average Bonchev–Trinajstić information content (AvgIpc) is 2.63. The molecule has 0 aliphatic carbocycles. The molecular weight excluding hydrogens is 344 g/mol. The first-order valence-corrected chi connectivity index (χ1v) is 8.68. The Balaban J connectivity index is 1.70. The number of carbonyl (C=O) groups is 3. The van der Waals surface area contributed by atoms with Crippen molar-refractivity contribution >= 4 is 17.8 Å². The van der Waals surface area contributed by atoms with Crippen LogP contribution in [0.1, 0.15) is 32.6 Å². The minimum absolute atomic E-state index is 0.295. The summed E-state index contributed by atoms with van der Waals surface area (Å²) in [6, 6.07) is 13.2. The molecular formula is C21H24N2O4. The van der Waals surface area contributed by atoms with Crippen LogP contribution < -0.4 is 10.6 Å². The number of carbonyl (C=O) groups excluding carboxylic acids is 3. The van der Waals surface area contributed by atoms with E-state index in [4.69, 9.17) is 4.74 Å². The monoisotopic (exact) mass is 368 g/mol. The quantitative estimate of drug-likeness (QED) is 0.734. The first-order valence-electron chi connectivity index (χ1n) is 8.68. The van der Waals surface area contributed by atoms with Gasteiger partial charge in [-0.3, -0.25) is 14.4 Å². The van der Waals surface area contributed by atoms with Crippen molar-refractivity contribution in [2.24, 2.45) is 0 Å². The van der Waals surface area contributed by atoms with Crippen LogP contribution in [-0.4, -0.2) is 30.9 Å². The molecule has 0 heterocycles. The maximum absolute atomic E-state index is 12.1. The Bertz CT molecular complexity index is 808. The van der Waals surface area contributed by atoms with Gasteiger partial charge in [-0.1, -0.05) is 47.0 Å². The summed E-state index contributed by atoms with van der Waals surface area (Å²) in [5.41, 5.74) is 4.51. The molecule has 0 aliphatic rings. The molecule has 27 heavy (non-hydrogen) atoms. The molecule has 0 spiro atoms. The lowest BCUT2D eigenvalue weighted by Gasteiger charge is -2.08. The molecule has 2 aromatic carbocycles. The Morgan fingerprint density at radius 3 is 2.11 bits per heavy atom. The summed E-state index contributed by atoms with van der Waals surface area (Å²) in [6.07, 6.45) is 0. The summed E-state index contributed by atoms with van der Waals surface area (Å²) >= 11 is 0. The van der Waals surface area contributed by atoms with E-state index in [-0.39, 0.29) is 19.1 Å². The van der Waals surface area contributed by atoms with Crippen molar-refractivity contribution in [3.8, 4) is 0 Å². The number of hydrogen-bond acceptors (Lipinski definition) is 4. The molecule has 0 atom stereocenters. The van der Waals surface area contributed by atoms with E-state index in [1.54, 1.807) is 12.1 Å². The van der Waals surface area contributed by atoms with Gasteiger partial charge >= 0.3 is 5.97 Å². The summed E-state index contributed by atoms with van der Waals surface area (Å²) < 4.78 is 4.88. The van der Waals surface area contributed by atoms with Gasteiger partial charge in [0.15, 0.2) is 6.61 Å². The predicted octanol–water partition coefficient (Wildman–Crippen LogP) is 2.20. The van der Waals surface area contributed by atoms with Gasteiger partial charge < -0.3 is 15.4 Å². The van der Waals surface area contributed by atoms with Gasteiger partial charge in [-0.15, -0.1) is 0 Å². The average molecular weight is 368 g/mol. The van der Waals surface area contributed by atoms with Gasteiger partial charge in [0.2, 0.25) is 0 Å². The molecule has 0 aromatic heterocycles. The van der Waals surface area contributed by atoms with E-state index in [0.717, 1.165) is 22.3 Å². The standard InChI is InChI=1S/C21H24N2O4/c1-14-4-6-17(7-5-14)11-22-19(24)13-27-20(25)12-23-21(26)18-9-15(2)8-16(3)10-18/h4-10H,11-13H2,1-3H3,(H,22,24)(H,23,26). The second-order valence-corrected chi connectivity index (χ2v) is 6.48. The molecule has 2 rings (SSSR count). The van der Waals surface area contributed by atoms with Gasteiger partial charge in [-0.05, 0) is 38.5 Å². The molecule has 2 N–H and O–H groups in total. The van der Waals surface area contributed by atoms with Crippen LogP contribution in [0.3, 0.4) is 0 Å². The summed E-state index contributed by atoms with van der Waals surface area (Å²) in [5.74, 6) is -1.43. The topological polar surface area (TPSA) is 84.5 Å². The molecule has 0 bridgehead atoms. The van der Waals surface area contributed by atoms with Crippen molar-refractivity contribution in [3.05, 3.63) is 70.3 Å². The van der Waals surface area contributed by atoms with E-state index in [0.29, 0.717) is 12.1 Å². The zero-order valence-corrected chi connectivity index (χ0v) is 15.8. The van der Waals surface area contributed by atoms with E-state index < -0.39 is 11.9 Å². The van der Waals surface area contributed by atoms with Gasteiger partial charge in [-0.25, -0.2) is 0 Å². The fourth-order valence-electron chi connectivity index (χ4n) is 2.51. The smallest absolute Gasteiger partial charge is 0.325 e. The molecule has 0 aliphatic heterocycles. The van der Waals surface area contributed by atoms with Crippen LogP contribution in [0, 0.1) is 20.8 Å². The van der Waals surface area contributed by atoms with Crippen molar-refractivity contribution in [3.63, 3.8) is 0 Å². The van der Waals surface area contributed by atoms with Crippen LogP contribution in [0.5, 0.6) is 0 Å². The van der Waals surface area contributed by atoms with Gasteiger partial charge in [0, 0.05) is 12.1 Å². The molecule has 2 amide bonds. The maximum Gasteiger partial charge on any atom is 0.325 e. The minimum Gasteiger partial charge on any atom is -0.454 e. The van der Waals surface area contributed by atoms with Crippen molar-refractivity contribution in [1.82, 2.24) is 10.6 Å². The molecule has 6 nitrogen and oxygen atoms in total. The number of esters is 1. The molecule has 142 valence electrons. The largest absolute Gasteiger partial charge is 0.454 e. The van der Waals surface area contributed by atoms with Gasteiger partial charge in [0.05, 0.1) is 0 Å². The third-order valence-corrected chi connectivity index (χ3v) is 3.85. The second-order valence-electron chi connectivity index (χ2n) is 6.48. The first kappa shape index (κ1) is 20.2. The first-order chi connectivity index (χ1) is 12.8. The maximum atomic E-state index is 12.1. The summed E-state index contributed by atoms with van der Waals surface area (Å²) in [6.45, 7) is 5.46. The van der Waals surface area contributed by atoms with Crippen molar-refractivity contribution in [1.29, 1.82) is 0 Å². The van der Waals surface area contributed by atoms with Crippen LogP contribution in [0.25, 0.3) is 0 Å². The van der Waals surface area contributed by atoms with Crippen LogP contribution in [-0.2, 0) is 20.9 Å². The second kappa shape index (κ2) is 9.52. The summed E-state index contributed by atoms with van der Waals surface area (Å²) in [7, 11) is 0. The Hall–Kier alpha value is -3.15. The number of hydrogen-bond donors (Lipinski definition) is 2. The SMILES string of the molecule is Cc1ccc(CNC(=O)COC(=O)CNC(=O)c2cc(C)cc(C)c2)cc1. The van der Waals surface area contributed by atoms with Crippen LogP contribution in [0.15, 0.2) is 42.5 Å².